The first kappa shape index (κ1) is 15.0. The van der Waals surface area contributed by atoms with Crippen LogP contribution in [0.3, 0.4) is 0 Å². The topological polar surface area (TPSA) is 23.6 Å². The van der Waals surface area contributed by atoms with Gasteiger partial charge in [-0.05, 0) is 31.0 Å². The molecule has 20 heavy (non-hydrogen) atoms. The van der Waals surface area contributed by atoms with Crippen molar-refractivity contribution < 1.29 is 4.79 Å². The number of aryl methyl sites for hydroxylation is 1. The van der Waals surface area contributed by atoms with E-state index in [-0.39, 0.29) is 5.92 Å². The Kier molecular flexibility index (Phi) is 5.18. The van der Waals surface area contributed by atoms with Crippen LogP contribution < -0.4 is 0 Å². The largest absolute Gasteiger partial charge is 0.340 e. The van der Waals surface area contributed by atoms with Crippen LogP contribution >= 0.6 is 0 Å². The zero-order chi connectivity index (χ0) is 14.5. The number of amides is 1. The van der Waals surface area contributed by atoms with Gasteiger partial charge < -0.3 is 9.80 Å². The predicted octanol–water partition coefficient (Wildman–Crippen LogP) is 2.34. The lowest BCUT2D eigenvalue weighted by molar-refractivity contribution is -0.136. The summed E-state index contributed by atoms with van der Waals surface area (Å²) in [5.74, 6) is 0.383. The zero-order valence-electron chi connectivity index (χ0n) is 12.9. The van der Waals surface area contributed by atoms with Crippen LogP contribution in [0.5, 0.6) is 0 Å². The average molecular weight is 274 g/mol. The van der Waals surface area contributed by atoms with Crippen molar-refractivity contribution in [1.29, 1.82) is 0 Å². The van der Waals surface area contributed by atoms with E-state index in [0.717, 1.165) is 39.1 Å². The van der Waals surface area contributed by atoms with E-state index in [0.29, 0.717) is 5.91 Å². The van der Waals surface area contributed by atoms with E-state index < -0.39 is 0 Å². The first-order valence-electron chi connectivity index (χ1n) is 7.67. The minimum absolute atomic E-state index is 0.0734. The fraction of sp³-hybridized carbons (Fsp3) is 0.588. The molecule has 1 unspecified atom stereocenters. The number of hydrogen-bond acceptors (Lipinski definition) is 2. The minimum Gasteiger partial charge on any atom is -0.340 e. The maximum absolute atomic E-state index is 12.5. The summed E-state index contributed by atoms with van der Waals surface area (Å²) in [4.78, 5) is 17.0. The van der Waals surface area contributed by atoms with Gasteiger partial charge >= 0.3 is 0 Å². The molecule has 1 amide bonds. The van der Waals surface area contributed by atoms with Crippen LogP contribution in [0, 0.1) is 12.8 Å². The average Bonchev–Trinajstić information content (AvgIpc) is 2.49. The van der Waals surface area contributed by atoms with Crippen molar-refractivity contribution >= 4 is 5.91 Å². The molecule has 3 nitrogen and oxygen atoms in total. The molecule has 0 aliphatic carbocycles. The summed E-state index contributed by atoms with van der Waals surface area (Å²) in [6.07, 6.45) is 0.847. The highest BCUT2D eigenvalue weighted by Crippen LogP contribution is 2.16. The molecule has 1 aromatic carbocycles. The van der Waals surface area contributed by atoms with E-state index in [1.165, 1.54) is 11.1 Å². The third-order valence-electron chi connectivity index (χ3n) is 4.34. The molecule has 1 aliphatic heterocycles. The van der Waals surface area contributed by atoms with E-state index in [1.54, 1.807) is 0 Å². The number of carbonyl (C=O) groups is 1. The summed E-state index contributed by atoms with van der Waals surface area (Å²) >= 11 is 0. The van der Waals surface area contributed by atoms with Crippen LogP contribution in [0.4, 0.5) is 0 Å². The van der Waals surface area contributed by atoms with Gasteiger partial charge in [0.15, 0.2) is 0 Å². The molecule has 3 heteroatoms. The lowest BCUT2D eigenvalue weighted by Crippen LogP contribution is -2.50. The van der Waals surface area contributed by atoms with Crippen LogP contribution in [0.2, 0.25) is 0 Å². The smallest absolute Gasteiger partial charge is 0.225 e. The summed E-state index contributed by atoms with van der Waals surface area (Å²) in [7, 11) is 0. The van der Waals surface area contributed by atoms with Crippen molar-refractivity contribution in [2.75, 3.05) is 32.7 Å². The number of hydrogen-bond donors (Lipinski definition) is 0. The van der Waals surface area contributed by atoms with Crippen LogP contribution in [0.25, 0.3) is 0 Å². The van der Waals surface area contributed by atoms with Gasteiger partial charge in [0.05, 0.1) is 0 Å². The third kappa shape index (κ3) is 3.60. The van der Waals surface area contributed by atoms with Gasteiger partial charge in [0.2, 0.25) is 5.91 Å². The normalized spacial score (nSPS) is 18.1. The third-order valence-corrected chi connectivity index (χ3v) is 4.34. The van der Waals surface area contributed by atoms with Gasteiger partial charge in [0.25, 0.3) is 0 Å². The maximum atomic E-state index is 12.5. The second kappa shape index (κ2) is 6.89. The zero-order valence-corrected chi connectivity index (χ0v) is 12.9. The van der Waals surface area contributed by atoms with Crippen molar-refractivity contribution in [3.63, 3.8) is 0 Å². The number of rotatable bonds is 4. The Morgan fingerprint density at radius 3 is 2.45 bits per heavy atom. The summed E-state index contributed by atoms with van der Waals surface area (Å²) in [5, 5.41) is 0. The standard InChI is InChI=1S/C17H26N2O/c1-4-18-9-11-19(12-10-18)17(20)15(3)13-16-8-6-5-7-14(16)2/h5-8,15H,4,9-13H2,1-3H3. The highest BCUT2D eigenvalue weighted by molar-refractivity contribution is 5.79. The molecule has 1 heterocycles. The van der Waals surface area contributed by atoms with Crippen molar-refractivity contribution in [2.24, 2.45) is 5.92 Å². The van der Waals surface area contributed by atoms with Crippen molar-refractivity contribution in [1.82, 2.24) is 9.80 Å². The van der Waals surface area contributed by atoms with Gasteiger partial charge in [0.1, 0.15) is 0 Å². The van der Waals surface area contributed by atoms with Crippen molar-refractivity contribution in [3.8, 4) is 0 Å². The molecule has 0 bridgehead atoms. The molecule has 2 rings (SSSR count). The number of carbonyl (C=O) groups excluding carboxylic acids is 1. The number of nitrogens with zero attached hydrogens (tertiary/aromatic N) is 2. The Balaban J connectivity index is 1.91. The van der Waals surface area contributed by atoms with Gasteiger partial charge in [-0.25, -0.2) is 0 Å². The first-order chi connectivity index (χ1) is 9.61. The highest BCUT2D eigenvalue weighted by atomic mass is 16.2. The van der Waals surface area contributed by atoms with Crippen molar-refractivity contribution in [2.45, 2.75) is 27.2 Å². The summed E-state index contributed by atoms with van der Waals surface area (Å²) < 4.78 is 0. The monoisotopic (exact) mass is 274 g/mol. The first-order valence-corrected chi connectivity index (χ1v) is 7.67. The van der Waals surface area contributed by atoms with E-state index >= 15 is 0 Å². The molecule has 0 spiro atoms. The molecule has 0 N–H and O–H groups in total. The number of likely N-dealkylation sites (N-methyl/N-ethyl adjacent to an activating group) is 1. The Morgan fingerprint density at radius 2 is 1.85 bits per heavy atom. The van der Waals surface area contributed by atoms with Gasteiger partial charge in [0, 0.05) is 32.1 Å². The quantitative estimate of drug-likeness (QED) is 0.841. The van der Waals surface area contributed by atoms with Gasteiger partial charge in [-0.2, -0.15) is 0 Å². The molecule has 0 saturated carbocycles. The molecule has 0 aromatic heterocycles. The fourth-order valence-corrected chi connectivity index (χ4v) is 2.85. The van der Waals surface area contributed by atoms with Gasteiger partial charge in [-0.1, -0.05) is 38.1 Å². The second-order valence-corrected chi connectivity index (χ2v) is 5.79. The molecular formula is C17H26N2O. The Bertz CT molecular complexity index is 450. The van der Waals surface area contributed by atoms with E-state index in [2.05, 4.69) is 49.9 Å². The molecule has 1 aliphatic rings. The fourth-order valence-electron chi connectivity index (χ4n) is 2.85. The van der Waals surface area contributed by atoms with Crippen LogP contribution in [-0.4, -0.2) is 48.4 Å². The molecule has 1 saturated heterocycles. The summed E-state index contributed by atoms with van der Waals surface area (Å²) in [6.45, 7) is 11.2. The number of benzene rings is 1. The number of piperazine rings is 1. The lowest BCUT2D eigenvalue weighted by Gasteiger charge is -2.35. The molecule has 1 atom stereocenters. The second-order valence-electron chi connectivity index (χ2n) is 5.79. The van der Waals surface area contributed by atoms with E-state index in [1.807, 2.05) is 4.90 Å². The predicted molar refractivity (Wildman–Crippen MR) is 82.7 cm³/mol. The van der Waals surface area contributed by atoms with Crippen LogP contribution in [0.15, 0.2) is 24.3 Å². The lowest BCUT2D eigenvalue weighted by atomic mass is 9.96. The maximum Gasteiger partial charge on any atom is 0.225 e. The van der Waals surface area contributed by atoms with Crippen LogP contribution in [-0.2, 0) is 11.2 Å². The summed E-state index contributed by atoms with van der Waals surface area (Å²) in [5.41, 5.74) is 2.57. The van der Waals surface area contributed by atoms with E-state index in [9.17, 15) is 4.79 Å². The molecule has 110 valence electrons. The summed E-state index contributed by atoms with van der Waals surface area (Å²) in [6, 6.07) is 8.36. The SMILES string of the molecule is CCN1CCN(C(=O)C(C)Cc2ccccc2C)CC1. The molecular weight excluding hydrogens is 248 g/mol. The van der Waals surface area contributed by atoms with E-state index in [4.69, 9.17) is 0 Å². The minimum atomic E-state index is 0.0734. The Hall–Kier alpha value is -1.35. The van der Waals surface area contributed by atoms with Crippen molar-refractivity contribution in [3.05, 3.63) is 35.4 Å². The Labute approximate surface area is 122 Å². The van der Waals surface area contributed by atoms with Crippen LogP contribution in [0.1, 0.15) is 25.0 Å². The molecule has 1 fully saturated rings. The van der Waals surface area contributed by atoms with Gasteiger partial charge in [-0.3, -0.25) is 4.79 Å². The van der Waals surface area contributed by atoms with Gasteiger partial charge in [-0.15, -0.1) is 0 Å². The Morgan fingerprint density at radius 1 is 1.20 bits per heavy atom. The molecule has 0 radical (unpaired) electrons. The highest BCUT2D eigenvalue weighted by Gasteiger charge is 2.24. The molecule has 1 aromatic rings.